The lowest BCUT2D eigenvalue weighted by atomic mass is 10.0. The van der Waals surface area contributed by atoms with Crippen molar-refractivity contribution in [1.82, 2.24) is 14.9 Å². The summed E-state index contributed by atoms with van der Waals surface area (Å²) in [6.07, 6.45) is 6.49. The molecule has 1 aliphatic rings. The molecule has 0 amide bonds. The average Bonchev–Trinajstić information content (AvgIpc) is 2.59. The van der Waals surface area contributed by atoms with Crippen LogP contribution in [0.15, 0.2) is 4.99 Å². The molecule has 0 atom stereocenters. The lowest BCUT2D eigenvalue weighted by molar-refractivity contribution is -0.0494. The van der Waals surface area contributed by atoms with Gasteiger partial charge in [-0.3, -0.25) is 4.99 Å². The normalized spacial score (nSPS) is 18.1. The van der Waals surface area contributed by atoms with Gasteiger partial charge >= 0.3 is 15.5 Å². The Morgan fingerprint density at radius 1 is 1.15 bits per heavy atom. The van der Waals surface area contributed by atoms with Gasteiger partial charge in [-0.05, 0) is 25.2 Å². The predicted molar refractivity (Wildman–Crippen MR) is 102 cm³/mol. The molecule has 0 unspecified atom stereocenters. The topological polar surface area (TPSA) is 73.8 Å². The largest absolute Gasteiger partial charge is 0.511 e. The summed E-state index contributed by atoms with van der Waals surface area (Å²) in [4.78, 5) is 4.13. The molecule has 0 bridgehead atoms. The zero-order valence-corrected chi connectivity index (χ0v) is 17.3. The van der Waals surface area contributed by atoms with E-state index in [2.05, 4.69) is 29.5 Å². The van der Waals surface area contributed by atoms with Gasteiger partial charge in [-0.2, -0.15) is 17.5 Å². The Labute approximate surface area is 161 Å². The number of aliphatic imine (C=N–C) groups is 1. The van der Waals surface area contributed by atoms with Crippen LogP contribution >= 0.6 is 0 Å². The highest BCUT2D eigenvalue weighted by molar-refractivity contribution is 7.90. The molecule has 0 saturated carbocycles. The van der Waals surface area contributed by atoms with Gasteiger partial charge in [0.05, 0.1) is 0 Å². The third-order valence-corrected chi connectivity index (χ3v) is 6.28. The number of nitrogens with one attached hydrogen (secondary N) is 2. The highest BCUT2D eigenvalue weighted by atomic mass is 32.2. The molecule has 1 saturated heterocycles. The number of halogens is 3. The monoisotopic (exact) mass is 414 g/mol. The molecule has 0 aromatic heterocycles. The Morgan fingerprint density at radius 2 is 1.74 bits per heavy atom. The first-order valence-corrected chi connectivity index (χ1v) is 11.1. The molecule has 0 spiro atoms. The molecule has 10 heteroatoms. The third kappa shape index (κ3) is 8.25. The van der Waals surface area contributed by atoms with Crippen molar-refractivity contribution in [3.05, 3.63) is 0 Å². The number of hydrogen-bond donors (Lipinski definition) is 2. The van der Waals surface area contributed by atoms with E-state index < -0.39 is 15.5 Å². The maximum atomic E-state index is 12.6. The number of hydrogen-bond acceptors (Lipinski definition) is 3. The van der Waals surface area contributed by atoms with Crippen molar-refractivity contribution in [3.8, 4) is 0 Å². The summed E-state index contributed by atoms with van der Waals surface area (Å²) >= 11 is 0. The van der Waals surface area contributed by atoms with E-state index in [1.165, 1.54) is 19.3 Å². The van der Waals surface area contributed by atoms with Crippen molar-refractivity contribution in [2.45, 2.75) is 70.3 Å². The molecule has 0 aromatic carbocycles. The molecule has 6 nitrogen and oxygen atoms in total. The zero-order valence-electron chi connectivity index (χ0n) is 16.5. The lowest BCUT2D eigenvalue weighted by Crippen LogP contribution is -2.51. The Morgan fingerprint density at radius 3 is 2.26 bits per heavy atom. The summed E-state index contributed by atoms with van der Waals surface area (Å²) in [5.41, 5.74) is -5.24. The fraction of sp³-hybridized carbons (Fsp3) is 0.941. The van der Waals surface area contributed by atoms with E-state index in [0.29, 0.717) is 23.1 Å². The number of alkyl halides is 3. The van der Waals surface area contributed by atoms with Crippen LogP contribution in [0.4, 0.5) is 13.2 Å². The second-order valence-corrected chi connectivity index (χ2v) is 9.29. The van der Waals surface area contributed by atoms with E-state index >= 15 is 0 Å². The van der Waals surface area contributed by atoms with E-state index in [9.17, 15) is 21.6 Å². The van der Waals surface area contributed by atoms with Gasteiger partial charge in [-0.15, -0.1) is 0 Å². The summed E-state index contributed by atoms with van der Waals surface area (Å²) in [6, 6.07) is -0.0954. The van der Waals surface area contributed by atoms with Gasteiger partial charge in [0, 0.05) is 32.7 Å². The van der Waals surface area contributed by atoms with Crippen molar-refractivity contribution >= 4 is 16.0 Å². The Kier molecular flexibility index (Phi) is 9.86. The van der Waals surface area contributed by atoms with Gasteiger partial charge in [0.25, 0.3) is 0 Å². The Hall–Kier alpha value is -1.03. The summed E-state index contributed by atoms with van der Waals surface area (Å²) in [6.45, 7) is 4.93. The number of piperidine rings is 1. The molecule has 2 N–H and O–H groups in total. The lowest BCUT2D eigenvalue weighted by Gasteiger charge is -2.32. The van der Waals surface area contributed by atoms with Gasteiger partial charge in [0.1, 0.15) is 0 Å². The fourth-order valence-corrected chi connectivity index (χ4v) is 4.00. The van der Waals surface area contributed by atoms with E-state index in [1.807, 2.05) is 0 Å². The number of nitrogens with zero attached hydrogens (tertiary/aromatic N) is 2. The van der Waals surface area contributed by atoms with E-state index in [0.717, 1.165) is 25.3 Å². The molecular weight excluding hydrogens is 381 g/mol. The van der Waals surface area contributed by atoms with Crippen LogP contribution in [-0.2, 0) is 10.0 Å². The van der Waals surface area contributed by atoms with Crippen molar-refractivity contribution in [1.29, 1.82) is 0 Å². The van der Waals surface area contributed by atoms with Crippen molar-refractivity contribution in [2.75, 3.05) is 26.7 Å². The van der Waals surface area contributed by atoms with Gasteiger partial charge in [-0.1, -0.05) is 39.5 Å². The van der Waals surface area contributed by atoms with Crippen LogP contribution in [0.25, 0.3) is 0 Å². The number of sulfonamides is 1. The molecule has 0 radical (unpaired) electrons. The minimum atomic E-state index is -5.24. The first-order valence-electron chi connectivity index (χ1n) is 9.61. The highest BCUT2D eigenvalue weighted by Crippen LogP contribution is 2.28. The Bertz CT molecular complexity index is 557. The molecule has 27 heavy (non-hydrogen) atoms. The van der Waals surface area contributed by atoms with E-state index in [-0.39, 0.29) is 19.1 Å². The maximum Gasteiger partial charge on any atom is 0.511 e. The van der Waals surface area contributed by atoms with Crippen molar-refractivity contribution in [3.63, 3.8) is 0 Å². The van der Waals surface area contributed by atoms with Gasteiger partial charge in [-0.25, -0.2) is 8.42 Å². The molecule has 0 aromatic rings. The van der Waals surface area contributed by atoms with Crippen LogP contribution in [0.1, 0.15) is 58.8 Å². The van der Waals surface area contributed by atoms with E-state index in [1.54, 1.807) is 7.05 Å². The molecule has 0 aliphatic carbocycles. The SMILES string of the molecule is CN=C(NCCCCCCC(C)C)NC1CCN(S(=O)(=O)C(F)(F)F)CC1. The van der Waals surface area contributed by atoms with Crippen LogP contribution in [0.2, 0.25) is 0 Å². The third-order valence-electron chi connectivity index (χ3n) is 4.65. The first kappa shape index (κ1) is 24.0. The smallest absolute Gasteiger partial charge is 0.356 e. The van der Waals surface area contributed by atoms with Crippen LogP contribution in [0.5, 0.6) is 0 Å². The molecule has 1 aliphatic heterocycles. The quantitative estimate of drug-likeness (QED) is 0.345. The van der Waals surface area contributed by atoms with Crippen LogP contribution < -0.4 is 10.6 Å². The molecule has 1 rings (SSSR count). The maximum absolute atomic E-state index is 12.6. The van der Waals surface area contributed by atoms with Gasteiger partial charge in [0.2, 0.25) is 0 Å². The number of unbranched alkanes of at least 4 members (excludes halogenated alkanes) is 3. The number of guanidine groups is 1. The summed E-state index contributed by atoms with van der Waals surface area (Å²) in [5, 5.41) is 6.38. The van der Waals surface area contributed by atoms with Gasteiger partial charge in [0.15, 0.2) is 5.96 Å². The van der Waals surface area contributed by atoms with Crippen molar-refractivity contribution in [2.24, 2.45) is 10.9 Å². The standard InChI is InChI=1S/C17H33F3N4O2S/c1-14(2)8-6-4-5-7-11-22-16(21-3)23-15-9-12-24(13-10-15)27(25,26)17(18,19)20/h14-15H,4-13H2,1-3H3,(H2,21,22,23). The minimum absolute atomic E-state index is 0.0954. The molecule has 1 heterocycles. The first-order chi connectivity index (χ1) is 12.6. The highest BCUT2D eigenvalue weighted by Gasteiger charge is 2.50. The van der Waals surface area contributed by atoms with Crippen molar-refractivity contribution < 1.29 is 21.6 Å². The zero-order chi connectivity index (χ0) is 20.5. The fourth-order valence-electron chi connectivity index (χ4n) is 3.01. The van der Waals surface area contributed by atoms with Crippen LogP contribution in [-0.4, -0.2) is 56.9 Å². The molecule has 1 fully saturated rings. The Balaban J connectivity index is 2.28. The second-order valence-electron chi connectivity index (χ2n) is 7.36. The van der Waals surface area contributed by atoms with Gasteiger partial charge < -0.3 is 10.6 Å². The summed E-state index contributed by atoms with van der Waals surface area (Å²) in [7, 11) is -3.59. The summed E-state index contributed by atoms with van der Waals surface area (Å²) in [5.74, 6) is 1.35. The second kappa shape index (κ2) is 11.1. The molecular formula is C17H33F3N4O2S. The predicted octanol–water partition coefficient (Wildman–Crippen LogP) is 3.07. The van der Waals surface area contributed by atoms with Crippen LogP contribution in [0.3, 0.4) is 0 Å². The molecule has 160 valence electrons. The number of rotatable bonds is 9. The van der Waals surface area contributed by atoms with Crippen LogP contribution in [0, 0.1) is 5.92 Å². The van der Waals surface area contributed by atoms with E-state index in [4.69, 9.17) is 0 Å². The average molecular weight is 415 g/mol. The summed E-state index contributed by atoms with van der Waals surface area (Å²) < 4.78 is 61.1. The minimum Gasteiger partial charge on any atom is -0.356 e.